The van der Waals surface area contributed by atoms with E-state index in [1.165, 1.54) is 212 Å². The second-order valence-corrected chi connectivity index (χ2v) is 23.4. The Kier molecular flexibility index (Phi) is 52.7. The van der Waals surface area contributed by atoms with Gasteiger partial charge in [-0.25, -0.2) is 0 Å². The highest BCUT2D eigenvalue weighted by Crippen LogP contribution is 2.38. The van der Waals surface area contributed by atoms with E-state index in [9.17, 15) is 19.4 Å². The number of likely N-dealkylation sites (N-methyl/N-ethyl adjacent to an activating group) is 1. The van der Waals surface area contributed by atoms with Gasteiger partial charge in [0, 0.05) is 6.42 Å². The van der Waals surface area contributed by atoms with Gasteiger partial charge in [0.05, 0.1) is 39.9 Å². The SMILES string of the molecule is CCCCCCCCCCC/C=C\C/C=C\CCCCCCCCCCCC(=O)NC(COP(=O)([O-])OCC[N+](C)(C)C)C(O)/C=C/CC/C=C/CC/C=C/CCCCCCCCCCCCCCCCC. The predicted molar refractivity (Wildman–Crippen MR) is 311 cm³/mol. The molecule has 0 spiro atoms. The molecule has 422 valence electrons. The number of carbonyl (C=O) groups excluding carboxylic acids is 1. The molecule has 0 aromatic carbocycles. The first kappa shape index (κ1) is 70.2. The molecule has 0 radical (unpaired) electrons. The van der Waals surface area contributed by atoms with Crippen molar-refractivity contribution < 1.29 is 32.9 Å². The molecule has 0 bridgehead atoms. The van der Waals surface area contributed by atoms with Crippen molar-refractivity contribution in [3.63, 3.8) is 0 Å². The van der Waals surface area contributed by atoms with E-state index in [-0.39, 0.29) is 12.5 Å². The number of phosphoric ester groups is 1. The highest BCUT2D eigenvalue weighted by atomic mass is 31.2. The molecule has 2 N–H and O–H groups in total. The summed E-state index contributed by atoms with van der Waals surface area (Å²) in [6, 6.07) is -0.915. The lowest BCUT2D eigenvalue weighted by Crippen LogP contribution is -2.45. The van der Waals surface area contributed by atoms with E-state index < -0.39 is 26.6 Å². The lowest BCUT2D eigenvalue weighted by molar-refractivity contribution is -0.870. The van der Waals surface area contributed by atoms with Gasteiger partial charge in [-0.05, 0) is 77.0 Å². The molecule has 0 aromatic heterocycles. The molecule has 0 aliphatic heterocycles. The molecule has 0 fully saturated rings. The summed E-state index contributed by atoms with van der Waals surface area (Å²) >= 11 is 0. The van der Waals surface area contributed by atoms with Crippen molar-refractivity contribution in [2.75, 3.05) is 40.9 Å². The van der Waals surface area contributed by atoms with E-state index in [2.05, 4.69) is 67.8 Å². The summed E-state index contributed by atoms with van der Waals surface area (Å²) in [6.45, 7) is 4.64. The minimum atomic E-state index is -4.61. The van der Waals surface area contributed by atoms with Crippen LogP contribution in [0.25, 0.3) is 0 Å². The maximum Gasteiger partial charge on any atom is 0.268 e. The lowest BCUT2D eigenvalue weighted by atomic mass is 10.0. The summed E-state index contributed by atoms with van der Waals surface area (Å²) < 4.78 is 23.4. The van der Waals surface area contributed by atoms with Crippen molar-refractivity contribution >= 4 is 13.7 Å². The molecule has 0 aliphatic rings. The van der Waals surface area contributed by atoms with Gasteiger partial charge in [-0.2, -0.15) is 0 Å². The lowest BCUT2D eigenvalue weighted by Gasteiger charge is -2.29. The largest absolute Gasteiger partial charge is 0.756 e. The van der Waals surface area contributed by atoms with Crippen LogP contribution < -0.4 is 10.2 Å². The maximum atomic E-state index is 13.0. The number of rotatable bonds is 56. The molecule has 8 nitrogen and oxygen atoms in total. The van der Waals surface area contributed by atoms with Crippen molar-refractivity contribution in [2.24, 2.45) is 0 Å². The number of allylic oxidation sites excluding steroid dienone is 9. The van der Waals surface area contributed by atoms with E-state index >= 15 is 0 Å². The van der Waals surface area contributed by atoms with Gasteiger partial charge in [-0.15, -0.1) is 0 Å². The van der Waals surface area contributed by atoms with Crippen molar-refractivity contribution in [3.8, 4) is 0 Å². The van der Waals surface area contributed by atoms with Crippen molar-refractivity contribution in [1.82, 2.24) is 5.32 Å². The summed E-state index contributed by atoms with van der Waals surface area (Å²) in [7, 11) is 1.23. The fourth-order valence-corrected chi connectivity index (χ4v) is 9.59. The van der Waals surface area contributed by atoms with Crippen LogP contribution in [0, 0.1) is 0 Å². The van der Waals surface area contributed by atoms with Crippen molar-refractivity contribution in [2.45, 2.75) is 296 Å². The topological polar surface area (TPSA) is 108 Å². The molecule has 1 amide bonds. The zero-order valence-electron chi connectivity index (χ0n) is 48.1. The van der Waals surface area contributed by atoms with Gasteiger partial charge in [0.2, 0.25) is 5.91 Å². The van der Waals surface area contributed by atoms with Crippen LogP contribution in [-0.2, 0) is 18.4 Å². The fourth-order valence-electron chi connectivity index (χ4n) is 8.86. The molecule has 0 aliphatic carbocycles. The summed E-state index contributed by atoms with van der Waals surface area (Å²) in [5.41, 5.74) is 0. The first-order valence-corrected chi connectivity index (χ1v) is 32.1. The van der Waals surface area contributed by atoms with Crippen molar-refractivity contribution in [1.29, 1.82) is 0 Å². The van der Waals surface area contributed by atoms with E-state index in [4.69, 9.17) is 9.05 Å². The minimum Gasteiger partial charge on any atom is -0.756 e. The molecule has 0 aromatic rings. The van der Waals surface area contributed by atoms with Gasteiger partial charge in [0.25, 0.3) is 7.82 Å². The number of hydrogen-bond acceptors (Lipinski definition) is 6. The minimum absolute atomic E-state index is 0.0114. The van der Waals surface area contributed by atoms with Gasteiger partial charge in [0.15, 0.2) is 0 Å². The zero-order valence-corrected chi connectivity index (χ0v) is 49.0. The zero-order chi connectivity index (χ0) is 52.7. The number of quaternary nitrogens is 1. The van der Waals surface area contributed by atoms with Gasteiger partial charge < -0.3 is 28.8 Å². The number of carbonyl (C=O) groups is 1. The first-order valence-electron chi connectivity index (χ1n) is 30.7. The second kappa shape index (κ2) is 54.0. The third-order valence-corrected chi connectivity index (χ3v) is 14.6. The third kappa shape index (κ3) is 55.9. The quantitative estimate of drug-likeness (QED) is 0.0272. The van der Waals surface area contributed by atoms with Gasteiger partial charge >= 0.3 is 0 Å². The summed E-state index contributed by atoms with van der Waals surface area (Å²) in [4.78, 5) is 25.5. The van der Waals surface area contributed by atoms with Crippen LogP contribution in [0.3, 0.4) is 0 Å². The molecular weight excluding hydrogens is 912 g/mol. The smallest absolute Gasteiger partial charge is 0.268 e. The third-order valence-electron chi connectivity index (χ3n) is 13.7. The number of phosphoric acid groups is 1. The van der Waals surface area contributed by atoms with Crippen molar-refractivity contribution in [3.05, 3.63) is 60.8 Å². The molecule has 9 heteroatoms. The van der Waals surface area contributed by atoms with Crippen LogP contribution in [-0.4, -0.2) is 68.5 Å². The molecule has 0 heterocycles. The Bertz CT molecular complexity index is 1360. The van der Waals surface area contributed by atoms with Crippen LogP contribution in [0.5, 0.6) is 0 Å². The van der Waals surface area contributed by atoms with E-state index in [0.29, 0.717) is 17.4 Å². The van der Waals surface area contributed by atoms with Crippen LogP contribution in [0.4, 0.5) is 0 Å². The maximum absolute atomic E-state index is 13.0. The monoisotopic (exact) mass is 1030 g/mol. The highest BCUT2D eigenvalue weighted by Gasteiger charge is 2.23. The molecule has 0 saturated carbocycles. The Labute approximate surface area is 447 Å². The molecule has 0 rings (SSSR count). The Morgan fingerprint density at radius 1 is 0.486 bits per heavy atom. The molecular formula is C63H119N2O6P. The number of unbranched alkanes of at least 4 members (excludes halogenated alkanes) is 35. The number of amides is 1. The first-order chi connectivity index (χ1) is 35.0. The number of nitrogens with zero attached hydrogens (tertiary/aromatic N) is 1. The number of aliphatic hydroxyl groups is 1. The van der Waals surface area contributed by atoms with Gasteiger partial charge in [-0.3, -0.25) is 9.36 Å². The molecule has 0 saturated heterocycles. The highest BCUT2D eigenvalue weighted by molar-refractivity contribution is 7.45. The Hall–Kier alpha value is -1.80. The number of aliphatic hydroxyl groups excluding tert-OH is 1. The van der Waals surface area contributed by atoms with Crippen LogP contribution in [0.1, 0.15) is 284 Å². The Morgan fingerprint density at radius 2 is 0.819 bits per heavy atom. The summed E-state index contributed by atoms with van der Waals surface area (Å²) in [5.74, 6) is -0.214. The summed E-state index contributed by atoms with van der Waals surface area (Å²) in [6.07, 6.45) is 73.1. The predicted octanol–water partition coefficient (Wildman–Crippen LogP) is 18.2. The molecule has 3 atom stereocenters. The van der Waals surface area contributed by atoms with E-state index in [0.717, 1.165) is 51.4 Å². The average Bonchev–Trinajstić information content (AvgIpc) is 3.34. The second-order valence-electron chi connectivity index (χ2n) is 22.0. The fraction of sp³-hybridized carbons (Fsp3) is 0.825. The van der Waals surface area contributed by atoms with E-state index in [1.54, 1.807) is 6.08 Å². The number of nitrogens with one attached hydrogen (secondary N) is 1. The van der Waals surface area contributed by atoms with Crippen LogP contribution in [0.15, 0.2) is 60.8 Å². The van der Waals surface area contributed by atoms with Crippen LogP contribution >= 0.6 is 7.82 Å². The molecule has 72 heavy (non-hydrogen) atoms. The normalized spacial score (nSPS) is 14.3. The average molecular weight is 1030 g/mol. The van der Waals surface area contributed by atoms with Crippen LogP contribution in [0.2, 0.25) is 0 Å². The Balaban J connectivity index is 4.26. The Morgan fingerprint density at radius 3 is 1.21 bits per heavy atom. The molecule has 3 unspecified atom stereocenters. The summed E-state index contributed by atoms with van der Waals surface area (Å²) in [5, 5.41) is 13.9. The standard InChI is InChI=1S/C63H119N2O6P/c1-6-8-10-12-14-16-18-20-22-24-26-28-30-32-34-36-38-40-42-44-46-48-50-52-54-56-62(66)61(60-71-72(68,69)70-59-58-65(3,4)5)64-63(67)57-55-53-51-49-47-45-43-41-39-37-35-33-31-29-27-25-23-21-19-17-15-13-11-9-7-2/h27,29,33,35,38,40,46,48,54,56,61-62,66H,6-26,28,30-32,34,36-37,39,41-45,47,49-53,55,57-60H2,1-5H3,(H-,64,67,68,69)/b29-27-,35-33-,40-38+,48-46+,56-54+. The number of hydrogen-bond donors (Lipinski definition) is 2. The van der Waals surface area contributed by atoms with E-state index in [1.807, 2.05) is 27.2 Å². The van der Waals surface area contributed by atoms with Gasteiger partial charge in [0.1, 0.15) is 13.2 Å². The van der Waals surface area contributed by atoms with Gasteiger partial charge in [-0.1, -0.05) is 261 Å².